The fourth-order valence-corrected chi connectivity index (χ4v) is 4.84. The molecule has 0 bridgehead atoms. The fourth-order valence-electron chi connectivity index (χ4n) is 2.80. The Balaban J connectivity index is 1.94. The first-order valence-electron chi connectivity index (χ1n) is 6.79. The highest BCUT2D eigenvalue weighted by atomic mass is 32.2. The third-order valence-corrected chi connectivity index (χ3v) is 5.76. The number of thiophene rings is 1. The lowest BCUT2D eigenvalue weighted by Gasteiger charge is -2.24. The van der Waals surface area contributed by atoms with Gasteiger partial charge in [0.05, 0.1) is 0 Å². The number of benzene rings is 1. The number of hydrogen-bond acceptors (Lipinski definition) is 3. The van der Waals surface area contributed by atoms with Gasteiger partial charge in [-0.1, -0.05) is 25.1 Å². The quantitative estimate of drug-likeness (QED) is 0.883. The van der Waals surface area contributed by atoms with Crippen LogP contribution in [0.5, 0.6) is 0 Å². The van der Waals surface area contributed by atoms with Gasteiger partial charge in [0.25, 0.3) is 0 Å². The molecule has 0 fully saturated rings. The van der Waals surface area contributed by atoms with Crippen molar-refractivity contribution in [1.82, 2.24) is 5.32 Å². The molecule has 2 unspecified atom stereocenters. The number of fused-ring (bicyclic) bond motifs is 1. The zero-order valence-electron chi connectivity index (χ0n) is 11.3. The maximum absolute atomic E-state index is 3.69. The molecule has 0 aliphatic carbocycles. The Kier molecular flexibility index (Phi) is 3.96. The number of nitrogens with one attached hydrogen (secondary N) is 1. The second-order valence-corrected chi connectivity index (χ2v) is 7.16. The lowest BCUT2D eigenvalue weighted by Crippen LogP contribution is -2.26. The van der Waals surface area contributed by atoms with Gasteiger partial charge in [-0.2, -0.15) is 0 Å². The van der Waals surface area contributed by atoms with Crippen molar-refractivity contribution in [2.75, 3.05) is 12.3 Å². The van der Waals surface area contributed by atoms with E-state index in [-0.39, 0.29) is 0 Å². The Bertz CT molecular complexity index is 561. The van der Waals surface area contributed by atoms with Gasteiger partial charge in [0.1, 0.15) is 0 Å². The van der Waals surface area contributed by atoms with Crippen molar-refractivity contribution in [1.29, 1.82) is 0 Å². The number of likely N-dealkylation sites (N-methyl/N-ethyl adjacent to an activating group) is 1. The average Bonchev–Trinajstić information content (AvgIpc) is 3.03. The van der Waals surface area contributed by atoms with Crippen LogP contribution < -0.4 is 5.32 Å². The molecule has 3 rings (SSSR count). The van der Waals surface area contributed by atoms with Crippen LogP contribution in [0.25, 0.3) is 0 Å². The molecule has 3 heteroatoms. The molecule has 0 saturated carbocycles. The lowest BCUT2D eigenvalue weighted by molar-refractivity contribution is 0.486. The van der Waals surface area contributed by atoms with Gasteiger partial charge in [-0.25, -0.2) is 0 Å². The van der Waals surface area contributed by atoms with Crippen molar-refractivity contribution in [2.24, 2.45) is 0 Å². The molecule has 100 valence electrons. The van der Waals surface area contributed by atoms with E-state index >= 15 is 0 Å². The molecule has 1 aromatic heterocycles. The number of rotatable bonds is 4. The number of aryl methyl sites for hydroxylation is 1. The van der Waals surface area contributed by atoms with Gasteiger partial charge in [-0.3, -0.25) is 0 Å². The normalized spacial score (nSPS) is 19.4. The topological polar surface area (TPSA) is 12.0 Å². The Morgan fingerprint density at radius 1 is 1.37 bits per heavy atom. The Hall–Kier alpha value is -0.770. The maximum Gasteiger partial charge on any atom is 0.0406 e. The molecule has 0 radical (unpaired) electrons. The fraction of sp³-hybridized carbons (Fsp3) is 0.375. The first-order valence-corrected chi connectivity index (χ1v) is 8.66. The Morgan fingerprint density at radius 2 is 2.21 bits per heavy atom. The minimum absolute atomic E-state index is 0.450. The summed E-state index contributed by atoms with van der Waals surface area (Å²) < 4.78 is 0. The highest BCUT2D eigenvalue weighted by Crippen LogP contribution is 2.45. The standard InChI is InChI=1S/C16H19NS2/c1-3-17-16(12-8-11(2)18-9-12)14-10-19-15-7-5-4-6-13(14)15/h4-9,14,16-17H,3,10H2,1-2H3. The molecule has 2 aromatic rings. The van der Waals surface area contributed by atoms with Crippen molar-refractivity contribution in [3.63, 3.8) is 0 Å². The molecule has 2 atom stereocenters. The monoisotopic (exact) mass is 289 g/mol. The molecule has 1 nitrogen and oxygen atoms in total. The number of thioether (sulfide) groups is 1. The van der Waals surface area contributed by atoms with Crippen LogP contribution in [0, 0.1) is 6.92 Å². The Morgan fingerprint density at radius 3 is 2.95 bits per heavy atom. The molecule has 2 heterocycles. The van der Waals surface area contributed by atoms with Gasteiger partial charge in [-0.15, -0.1) is 23.1 Å². The summed E-state index contributed by atoms with van der Waals surface area (Å²) in [5, 5.41) is 6.00. The zero-order chi connectivity index (χ0) is 13.2. The van der Waals surface area contributed by atoms with E-state index in [1.807, 2.05) is 23.1 Å². The summed E-state index contributed by atoms with van der Waals surface area (Å²) in [5.74, 6) is 1.78. The van der Waals surface area contributed by atoms with Crippen LogP contribution in [0.1, 0.15) is 34.9 Å². The molecule has 1 aliphatic heterocycles. The molecule has 0 amide bonds. The second kappa shape index (κ2) is 5.70. The summed E-state index contributed by atoms with van der Waals surface area (Å²) in [6.07, 6.45) is 0. The molecular formula is C16H19NS2. The summed E-state index contributed by atoms with van der Waals surface area (Å²) in [5.41, 5.74) is 2.97. The smallest absolute Gasteiger partial charge is 0.0406 e. The predicted molar refractivity (Wildman–Crippen MR) is 85.4 cm³/mol. The third-order valence-electron chi connectivity index (χ3n) is 3.67. The highest BCUT2D eigenvalue weighted by molar-refractivity contribution is 7.99. The molecule has 1 aliphatic rings. The van der Waals surface area contributed by atoms with E-state index in [9.17, 15) is 0 Å². The summed E-state index contributed by atoms with van der Waals surface area (Å²) in [6, 6.07) is 11.6. The van der Waals surface area contributed by atoms with Crippen LogP contribution in [0.2, 0.25) is 0 Å². The minimum atomic E-state index is 0.450. The summed E-state index contributed by atoms with van der Waals surface area (Å²) in [6.45, 7) is 5.40. The molecular weight excluding hydrogens is 270 g/mol. The summed E-state index contributed by atoms with van der Waals surface area (Å²) >= 11 is 3.85. The first-order chi connectivity index (χ1) is 9.29. The van der Waals surface area contributed by atoms with Gasteiger partial charge < -0.3 is 5.32 Å². The lowest BCUT2D eigenvalue weighted by atomic mass is 9.89. The largest absolute Gasteiger partial charge is 0.310 e. The van der Waals surface area contributed by atoms with Gasteiger partial charge in [-0.05, 0) is 42.1 Å². The van der Waals surface area contributed by atoms with E-state index in [1.54, 1.807) is 0 Å². The van der Waals surface area contributed by atoms with Crippen molar-refractivity contribution >= 4 is 23.1 Å². The van der Waals surface area contributed by atoms with Crippen LogP contribution in [-0.2, 0) is 0 Å². The van der Waals surface area contributed by atoms with Crippen LogP contribution in [0.3, 0.4) is 0 Å². The number of hydrogen-bond donors (Lipinski definition) is 1. The highest BCUT2D eigenvalue weighted by Gasteiger charge is 2.31. The van der Waals surface area contributed by atoms with E-state index in [0.29, 0.717) is 12.0 Å². The third kappa shape index (κ3) is 2.60. The Labute approximate surface area is 123 Å². The van der Waals surface area contributed by atoms with Crippen molar-refractivity contribution in [2.45, 2.75) is 30.7 Å². The van der Waals surface area contributed by atoms with E-state index in [2.05, 4.69) is 54.9 Å². The van der Waals surface area contributed by atoms with Crippen LogP contribution in [0.4, 0.5) is 0 Å². The summed E-state index contributed by atoms with van der Waals surface area (Å²) in [7, 11) is 0. The van der Waals surface area contributed by atoms with Crippen LogP contribution in [-0.4, -0.2) is 12.3 Å². The average molecular weight is 289 g/mol. The SMILES string of the molecule is CCNC(c1csc(C)c1)C1CSc2ccccc21. The maximum atomic E-state index is 3.69. The van der Waals surface area contributed by atoms with Gasteiger partial charge in [0.15, 0.2) is 0 Å². The second-order valence-electron chi connectivity index (χ2n) is 4.98. The van der Waals surface area contributed by atoms with Crippen molar-refractivity contribution in [3.8, 4) is 0 Å². The van der Waals surface area contributed by atoms with Gasteiger partial charge in [0, 0.05) is 27.5 Å². The molecule has 19 heavy (non-hydrogen) atoms. The van der Waals surface area contributed by atoms with E-state index in [1.165, 1.54) is 26.7 Å². The van der Waals surface area contributed by atoms with Crippen LogP contribution in [0.15, 0.2) is 40.6 Å². The minimum Gasteiger partial charge on any atom is -0.310 e. The molecule has 1 aromatic carbocycles. The van der Waals surface area contributed by atoms with E-state index in [4.69, 9.17) is 0 Å². The molecule has 1 N–H and O–H groups in total. The molecule has 0 saturated heterocycles. The summed E-state index contributed by atoms with van der Waals surface area (Å²) in [4.78, 5) is 2.86. The van der Waals surface area contributed by atoms with Gasteiger partial charge in [0.2, 0.25) is 0 Å². The van der Waals surface area contributed by atoms with Crippen molar-refractivity contribution in [3.05, 3.63) is 51.7 Å². The first kappa shape index (κ1) is 13.2. The molecule has 0 spiro atoms. The predicted octanol–water partition coefficient (Wildman–Crippen LogP) is 4.60. The van der Waals surface area contributed by atoms with Gasteiger partial charge >= 0.3 is 0 Å². The van der Waals surface area contributed by atoms with E-state index < -0.39 is 0 Å². The van der Waals surface area contributed by atoms with Crippen molar-refractivity contribution < 1.29 is 0 Å². The van der Waals surface area contributed by atoms with Crippen LogP contribution >= 0.6 is 23.1 Å². The van der Waals surface area contributed by atoms with E-state index in [0.717, 1.165) is 6.54 Å². The zero-order valence-corrected chi connectivity index (χ0v) is 13.0.